The number of primary amides is 1. The van der Waals surface area contributed by atoms with E-state index in [0.29, 0.717) is 24.6 Å². The van der Waals surface area contributed by atoms with Crippen LogP contribution in [0.25, 0.3) is 11.5 Å². The zero-order valence-corrected chi connectivity index (χ0v) is 15.0. The summed E-state index contributed by atoms with van der Waals surface area (Å²) >= 11 is 0. The highest BCUT2D eigenvalue weighted by molar-refractivity contribution is 5.87. The topological polar surface area (TPSA) is 131 Å². The molecule has 0 spiro atoms. The molecular formula is C18H21N5O4. The summed E-state index contributed by atoms with van der Waals surface area (Å²) in [4.78, 5) is 45.4. The highest BCUT2D eigenvalue weighted by atomic mass is 16.4. The Bertz CT molecular complexity index is 849. The van der Waals surface area contributed by atoms with E-state index in [4.69, 9.17) is 10.2 Å². The molecule has 0 bridgehead atoms. The van der Waals surface area contributed by atoms with Crippen LogP contribution in [0, 0.1) is 0 Å². The lowest BCUT2D eigenvalue weighted by atomic mass is 10.1. The van der Waals surface area contributed by atoms with E-state index in [1.807, 2.05) is 6.07 Å². The lowest BCUT2D eigenvalue weighted by Crippen LogP contribution is -2.49. The van der Waals surface area contributed by atoms with Crippen molar-refractivity contribution >= 4 is 17.7 Å². The minimum Gasteiger partial charge on any atom is -0.441 e. The Balaban J connectivity index is 1.73. The zero-order valence-electron chi connectivity index (χ0n) is 15.0. The summed E-state index contributed by atoms with van der Waals surface area (Å²) in [6, 6.07) is 2.86. The molecule has 0 radical (unpaired) electrons. The third kappa shape index (κ3) is 4.49. The number of nitrogens with one attached hydrogen (secondary N) is 1. The maximum Gasteiger partial charge on any atom is 0.245 e. The molecule has 3 heterocycles. The van der Waals surface area contributed by atoms with E-state index in [1.165, 1.54) is 6.92 Å². The summed E-state index contributed by atoms with van der Waals surface area (Å²) in [6.07, 6.45) is 4.04. The molecule has 27 heavy (non-hydrogen) atoms. The minimum absolute atomic E-state index is 0.0187. The Morgan fingerprint density at radius 2 is 2.22 bits per heavy atom. The Morgan fingerprint density at radius 1 is 1.41 bits per heavy atom. The summed E-state index contributed by atoms with van der Waals surface area (Å²) < 4.78 is 5.80. The second-order valence-corrected chi connectivity index (χ2v) is 6.40. The van der Waals surface area contributed by atoms with Gasteiger partial charge >= 0.3 is 0 Å². The molecule has 1 aliphatic heterocycles. The van der Waals surface area contributed by atoms with Gasteiger partial charge in [0.15, 0.2) is 0 Å². The van der Waals surface area contributed by atoms with Gasteiger partial charge in [0.25, 0.3) is 0 Å². The molecule has 0 saturated carbocycles. The Labute approximate surface area is 155 Å². The summed E-state index contributed by atoms with van der Waals surface area (Å²) in [5.74, 6) is 0.0937. The molecular weight excluding hydrogens is 350 g/mol. The molecule has 142 valence electrons. The minimum atomic E-state index is -0.791. The number of carbonyl (C=O) groups excluding carboxylic acids is 3. The van der Waals surface area contributed by atoms with Crippen LogP contribution in [0.1, 0.15) is 31.2 Å². The normalized spacial score (nSPS) is 14.3. The van der Waals surface area contributed by atoms with Crippen LogP contribution in [0.3, 0.4) is 0 Å². The number of oxazole rings is 1. The molecule has 3 amide bonds. The Morgan fingerprint density at radius 3 is 2.89 bits per heavy atom. The van der Waals surface area contributed by atoms with Crippen molar-refractivity contribution in [2.24, 2.45) is 5.73 Å². The van der Waals surface area contributed by atoms with Gasteiger partial charge in [-0.3, -0.25) is 19.4 Å². The molecule has 0 aliphatic carbocycles. The molecule has 2 aromatic heterocycles. The van der Waals surface area contributed by atoms with Crippen molar-refractivity contribution in [1.29, 1.82) is 0 Å². The second kappa shape index (κ2) is 7.98. The first kappa shape index (κ1) is 18.6. The van der Waals surface area contributed by atoms with Gasteiger partial charge in [-0.25, -0.2) is 4.98 Å². The van der Waals surface area contributed by atoms with E-state index in [0.717, 1.165) is 11.3 Å². The van der Waals surface area contributed by atoms with E-state index < -0.39 is 11.9 Å². The predicted molar refractivity (Wildman–Crippen MR) is 94.9 cm³/mol. The smallest absolute Gasteiger partial charge is 0.245 e. The summed E-state index contributed by atoms with van der Waals surface area (Å²) in [5, 5.41) is 2.60. The van der Waals surface area contributed by atoms with Crippen molar-refractivity contribution in [3.63, 3.8) is 0 Å². The number of aromatic nitrogens is 2. The molecule has 3 N–H and O–H groups in total. The third-order valence-electron chi connectivity index (χ3n) is 4.30. The number of rotatable bonds is 6. The van der Waals surface area contributed by atoms with Crippen LogP contribution < -0.4 is 11.1 Å². The molecule has 9 heteroatoms. The molecule has 9 nitrogen and oxygen atoms in total. The van der Waals surface area contributed by atoms with Gasteiger partial charge in [-0.1, -0.05) is 0 Å². The fourth-order valence-electron chi connectivity index (χ4n) is 3.01. The summed E-state index contributed by atoms with van der Waals surface area (Å²) in [7, 11) is 0. The fourth-order valence-corrected chi connectivity index (χ4v) is 3.01. The van der Waals surface area contributed by atoms with Gasteiger partial charge in [-0.2, -0.15) is 0 Å². The average Bonchev–Trinajstić information content (AvgIpc) is 3.08. The molecule has 0 saturated heterocycles. The molecule has 1 atom stereocenters. The van der Waals surface area contributed by atoms with E-state index in [9.17, 15) is 14.4 Å². The monoisotopic (exact) mass is 371 g/mol. The maximum atomic E-state index is 12.8. The van der Waals surface area contributed by atoms with Gasteiger partial charge in [0.1, 0.15) is 17.5 Å². The van der Waals surface area contributed by atoms with Crippen LogP contribution in [-0.4, -0.2) is 45.2 Å². The lowest BCUT2D eigenvalue weighted by Gasteiger charge is -2.29. The van der Waals surface area contributed by atoms with Crippen LogP contribution in [0.4, 0.5) is 0 Å². The van der Waals surface area contributed by atoms with Crippen LogP contribution in [0.5, 0.6) is 0 Å². The number of hydrogen-bond acceptors (Lipinski definition) is 6. The van der Waals surface area contributed by atoms with E-state index in [1.54, 1.807) is 23.4 Å². The number of nitrogens with zero attached hydrogens (tertiary/aromatic N) is 3. The first-order valence-corrected chi connectivity index (χ1v) is 8.67. The van der Waals surface area contributed by atoms with Crippen LogP contribution >= 0.6 is 0 Å². The SMILES string of the molecule is CC(=O)N[C@@H](CCC(N)=O)C(=O)N1CCc2oc(-c3cccnc3)nc2C1. The van der Waals surface area contributed by atoms with E-state index >= 15 is 0 Å². The highest BCUT2D eigenvalue weighted by Crippen LogP contribution is 2.26. The standard InChI is InChI=1S/C18H21N5O4/c1-11(24)21-13(4-5-16(19)25)18(26)23-8-6-15-14(10-23)22-17(27-15)12-3-2-7-20-9-12/h2-3,7,9,13H,4-6,8,10H2,1H3,(H2,19,25)(H,21,24)/t13-/m0/s1. The molecule has 0 unspecified atom stereocenters. The van der Waals surface area contributed by atoms with Crippen molar-refractivity contribution in [2.75, 3.05) is 6.54 Å². The van der Waals surface area contributed by atoms with Gasteiger partial charge in [-0.15, -0.1) is 0 Å². The highest BCUT2D eigenvalue weighted by Gasteiger charge is 2.30. The van der Waals surface area contributed by atoms with Gasteiger partial charge in [0.2, 0.25) is 23.6 Å². The number of hydrogen-bond donors (Lipinski definition) is 2. The predicted octanol–water partition coefficient (Wildman–Crippen LogP) is 0.392. The van der Waals surface area contributed by atoms with Crippen molar-refractivity contribution in [3.8, 4) is 11.5 Å². The number of pyridine rings is 1. The molecule has 0 aromatic carbocycles. The van der Waals surface area contributed by atoms with Crippen LogP contribution in [0.2, 0.25) is 0 Å². The lowest BCUT2D eigenvalue weighted by molar-refractivity contribution is -0.137. The van der Waals surface area contributed by atoms with Gasteiger partial charge in [0, 0.05) is 38.7 Å². The Hall–Kier alpha value is -3.23. The Kier molecular flexibility index (Phi) is 5.49. The number of fused-ring (bicyclic) bond motifs is 1. The van der Waals surface area contributed by atoms with Crippen molar-refractivity contribution < 1.29 is 18.8 Å². The van der Waals surface area contributed by atoms with E-state index in [-0.39, 0.29) is 31.2 Å². The van der Waals surface area contributed by atoms with Gasteiger partial charge in [-0.05, 0) is 18.6 Å². The first-order chi connectivity index (χ1) is 12.9. The molecule has 3 rings (SSSR count). The quantitative estimate of drug-likeness (QED) is 0.755. The average molecular weight is 371 g/mol. The van der Waals surface area contributed by atoms with Gasteiger partial charge < -0.3 is 20.4 Å². The molecule has 1 aliphatic rings. The number of carbonyl (C=O) groups is 3. The van der Waals surface area contributed by atoms with Crippen LogP contribution in [0.15, 0.2) is 28.9 Å². The molecule has 0 fully saturated rings. The molecule has 2 aromatic rings. The summed E-state index contributed by atoms with van der Waals surface area (Å²) in [6.45, 7) is 2.06. The van der Waals surface area contributed by atoms with Crippen molar-refractivity contribution in [2.45, 2.75) is 38.8 Å². The zero-order chi connectivity index (χ0) is 19.4. The fraction of sp³-hybridized carbons (Fsp3) is 0.389. The largest absolute Gasteiger partial charge is 0.441 e. The third-order valence-corrected chi connectivity index (χ3v) is 4.30. The number of amides is 3. The van der Waals surface area contributed by atoms with E-state index in [2.05, 4.69) is 15.3 Å². The maximum absolute atomic E-state index is 12.8. The number of nitrogens with two attached hydrogens (primary N) is 1. The van der Waals surface area contributed by atoms with Crippen LogP contribution in [-0.2, 0) is 27.3 Å². The first-order valence-electron chi connectivity index (χ1n) is 8.67. The van der Waals surface area contributed by atoms with Crippen molar-refractivity contribution in [3.05, 3.63) is 36.0 Å². The second-order valence-electron chi connectivity index (χ2n) is 6.40. The van der Waals surface area contributed by atoms with Gasteiger partial charge in [0.05, 0.1) is 12.1 Å². The van der Waals surface area contributed by atoms with Crippen molar-refractivity contribution in [1.82, 2.24) is 20.2 Å². The summed E-state index contributed by atoms with van der Waals surface area (Å²) in [5.41, 5.74) is 6.62.